The van der Waals surface area contributed by atoms with E-state index in [0.717, 1.165) is 10.0 Å². The number of quaternary nitrogens is 1. The van der Waals surface area contributed by atoms with Crippen molar-refractivity contribution in [1.29, 1.82) is 0 Å². The summed E-state index contributed by atoms with van der Waals surface area (Å²) in [4.78, 5) is 12.4. The van der Waals surface area contributed by atoms with Gasteiger partial charge in [-0.3, -0.25) is 4.79 Å². The van der Waals surface area contributed by atoms with Crippen molar-refractivity contribution >= 4 is 5.91 Å². The Bertz CT molecular complexity index is 436. The molecular weight excluding hydrogens is 248 g/mol. The van der Waals surface area contributed by atoms with Crippen molar-refractivity contribution in [2.24, 2.45) is 0 Å². The molecular formula is C17H27N2O+. The van der Waals surface area contributed by atoms with Gasteiger partial charge in [-0.25, -0.2) is 0 Å². The second-order valence-corrected chi connectivity index (χ2v) is 6.45. The molecule has 0 aromatic heterocycles. The molecule has 0 spiro atoms. The van der Waals surface area contributed by atoms with Crippen LogP contribution in [0.25, 0.3) is 0 Å². The van der Waals surface area contributed by atoms with E-state index in [2.05, 4.69) is 26.3 Å². The van der Waals surface area contributed by atoms with Crippen LogP contribution >= 0.6 is 0 Å². The summed E-state index contributed by atoms with van der Waals surface area (Å²) in [6, 6.07) is 10.7. The van der Waals surface area contributed by atoms with Crippen molar-refractivity contribution in [2.45, 2.75) is 51.2 Å². The minimum atomic E-state index is 0.00168. The molecule has 1 saturated carbocycles. The maximum absolute atomic E-state index is 12.4. The Balaban J connectivity index is 1.91. The topological polar surface area (TPSA) is 29.1 Å². The summed E-state index contributed by atoms with van der Waals surface area (Å²) in [6.45, 7) is 2.67. The summed E-state index contributed by atoms with van der Waals surface area (Å²) in [5, 5.41) is 3.07. The number of nitrogens with zero attached hydrogens (tertiary/aromatic N) is 1. The fourth-order valence-electron chi connectivity index (χ4n) is 3.12. The zero-order chi connectivity index (χ0) is 14.6. The molecule has 1 aliphatic rings. The smallest absolute Gasteiger partial charge is 0.278 e. The summed E-state index contributed by atoms with van der Waals surface area (Å²) in [5.41, 5.74) is 1.15. The van der Waals surface area contributed by atoms with Crippen LogP contribution < -0.4 is 5.32 Å². The third-order valence-corrected chi connectivity index (χ3v) is 4.95. The number of amides is 1. The van der Waals surface area contributed by atoms with Crippen molar-refractivity contribution in [1.82, 2.24) is 5.32 Å². The van der Waals surface area contributed by atoms with Crippen LogP contribution in [0.5, 0.6) is 0 Å². The summed E-state index contributed by atoms with van der Waals surface area (Å²) < 4.78 is 0.806. The highest BCUT2D eigenvalue weighted by molar-refractivity contribution is 5.80. The first-order chi connectivity index (χ1) is 9.51. The Morgan fingerprint density at radius 1 is 1.25 bits per heavy atom. The average molecular weight is 275 g/mol. The second kappa shape index (κ2) is 6.40. The number of hydrogen-bond acceptors (Lipinski definition) is 1. The van der Waals surface area contributed by atoms with E-state index < -0.39 is 0 Å². The number of nitrogens with one attached hydrogen (secondary N) is 1. The Labute approximate surface area is 122 Å². The van der Waals surface area contributed by atoms with E-state index in [9.17, 15) is 4.79 Å². The van der Waals surface area contributed by atoms with Crippen molar-refractivity contribution in [2.75, 3.05) is 14.1 Å². The molecule has 0 heterocycles. The highest BCUT2D eigenvalue weighted by Crippen LogP contribution is 2.28. The van der Waals surface area contributed by atoms with E-state index in [0.29, 0.717) is 12.6 Å². The zero-order valence-corrected chi connectivity index (χ0v) is 12.9. The fourth-order valence-corrected chi connectivity index (χ4v) is 3.12. The number of benzene rings is 1. The molecule has 3 nitrogen and oxygen atoms in total. The Morgan fingerprint density at radius 3 is 2.45 bits per heavy atom. The van der Waals surface area contributed by atoms with Crippen LogP contribution in [-0.4, -0.2) is 36.6 Å². The highest BCUT2D eigenvalue weighted by Gasteiger charge is 2.38. The third-order valence-electron chi connectivity index (χ3n) is 4.95. The zero-order valence-electron chi connectivity index (χ0n) is 12.9. The van der Waals surface area contributed by atoms with E-state index in [-0.39, 0.29) is 11.9 Å². The molecule has 1 fully saturated rings. The minimum Gasteiger partial charge on any atom is -0.347 e. The molecule has 20 heavy (non-hydrogen) atoms. The van der Waals surface area contributed by atoms with Crippen LogP contribution in [-0.2, 0) is 11.3 Å². The normalized spacial score (nSPS) is 17.9. The van der Waals surface area contributed by atoms with Crippen molar-refractivity contribution in [3.8, 4) is 0 Å². The van der Waals surface area contributed by atoms with Crippen LogP contribution in [0, 0.1) is 0 Å². The maximum atomic E-state index is 12.4. The minimum absolute atomic E-state index is 0.00168. The molecule has 1 aromatic carbocycles. The first-order valence-corrected chi connectivity index (χ1v) is 7.67. The molecule has 1 aliphatic carbocycles. The number of carbonyl (C=O) groups excluding carboxylic acids is 1. The van der Waals surface area contributed by atoms with E-state index in [4.69, 9.17) is 0 Å². The first-order valence-electron chi connectivity index (χ1n) is 7.67. The molecule has 0 unspecified atom stereocenters. The fraction of sp³-hybridized carbons (Fsp3) is 0.588. The largest absolute Gasteiger partial charge is 0.347 e. The van der Waals surface area contributed by atoms with Gasteiger partial charge in [0.1, 0.15) is 0 Å². The van der Waals surface area contributed by atoms with Crippen molar-refractivity contribution < 1.29 is 9.28 Å². The monoisotopic (exact) mass is 275 g/mol. The summed E-state index contributed by atoms with van der Waals surface area (Å²) in [6.07, 6.45) is 5.13. The van der Waals surface area contributed by atoms with Gasteiger partial charge in [0.2, 0.25) is 0 Å². The van der Waals surface area contributed by atoms with Gasteiger partial charge in [0.25, 0.3) is 5.91 Å². The van der Waals surface area contributed by atoms with E-state index >= 15 is 0 Å². The van der Waals surface area contributed by atoms with Crippen molar-refractivity contribution in [3.63, 3.8) is 0 Å². The standard InChI is InChI=1S/C17H26N2O/c1-14(19(2,3)16-11-7-8-12-16)17(20)18-13-15-9-5-4-6-10-15/h4-6,9-10,14,16H,7-8,11-13H2,1-3H3/p+1/t14-/m0/s1. The van der Waals surface area contributed by atoms with Gasteiger partial charge in [0.05, 0.1) is 20.1 Å². The Hall–Kier alpha value is -1.35. The van der Waals surface area contributed by atoms with Crippen LogP contribution in [0.3, 0.4) is 0 Å². The number of hydrogen-bond donors (Lipinski definition) is 1. The van der Waals surface area contributed by atoms with Gasteiger partial charge in [0, 0.05) is 6.54 Å². The third kappa shape index (κ3) is 3.40. The molecule has 2 rings (SSSR count). The summed E-state index contributed by atoms with van der Waals surface area (Å²) >= 11 is 0. The van der Waals surface area contributed by atoms with Crippen LogP contribution in [0.15, 0.2) is 30.3 Å². The highest BCUT2D eigenvalue weighted by atomic mass is 16.2. The van der Waals surface area contributed by atoms with Crippen LogP contribution in [0.4, 0.5) is 0 Å². The van der Waals surface area contributed by atoms with Gasteiger partial charge in [-0.15, -0.1) is 0 Å². The molecule has 0 radical (unpaired) electrons. The quantitative estimate of drug-likeness (QED) is 0.823. The molecule has 1 N–H and O–H groups in total. The van der Waals surface area contributed by atoms with Gasteiger partial charge in [-0.2, -0.15) is 0 Å². The van der Waals surface area contributed by atoms with Crippen LogP contribution in [0.1, 0.15) is 38.2 Å². The van der Waals surface area contributed by atoms with E-state index in [1.54, 1.807) is 0 Å². The van der Waals surface area contributed by atoms with E-state index in [1.807, 2.05) is 30.3 Å². The molecule has 3 heteroatoms. The Kier molecular flexibility index (Phi) is 4.81. The lowest BCUT2D eigenvalue weighted by molar-refractivity contribution is -0.927. The van der Waals surface area contributed by atoms with Gasteiger partial charge in [-0.05, 0) is 38.2 Å². The molecule has 0 bridgehead atoms. The van der Waals surface area contributed by atoms with Crippen molar-refractivity contribution in [3.05, 3.63) is 35.9 Å². The average Bonchev–Trinajstić information content (AvgIpc) is 3.00. The number of carbonyl (C=O) groups is 1. The van der Waals surface area contributed by atoms with E-state index in [1.165, 1.54) is 25.7 Å². The van der Waals surface area contributed by atoms with Gasteiger partial charge in [-0.1, -0.05) is 30.3 Å². The lowest BCUT2D eigenvalue weighted by Gasteiger charge is -2.40. The molecule has 0 aliphatic heterocycles. The van der Waals surface area contributed by atoms with Crippen LogP contribution in [0.2, 0.25) is 0 Å². The summed E-state index contributed by atoms with van der Waals surface area (Å²) in [7, 11) is 4.39. The molecule has 1 amide bonds. The predicted octanol–water partition coefficient (Wildman–Crippen LogP) is 2.71. The second-order valence-electron chi connectivity index (χ2n) is 6.45. The van der Waals surface area contributed by atoms with Gasteiger partial charge in [0.15, 0.2) is 6.04 Å². The van der Waals surface area contributed by atoms with Gasteiger partial charge < -0.3 is 9.80 Å². The maximum Gasteiger partial charge on any atom is 0.278 e. The molecule has 1 atom stereocenters. The summed E-state index contributed by atoms with van der Waals surface area (Å²) in [5.74, 6) is 0.158. The molecule has 0 saturated heterocycles. The number of rotatable bonds is 5. The van der Waals surface area contributed by atoms with Gasteiger partial charge >= 0.3 is 0 Å². The predicted molar refractivity (Wildman–Crippen MR) is 82.1 cm³/mol. The molecule has 110 valence electrons. The first kappa shape index (κ1) is 15.0. The SMILES string of the molecule is C[C@@H](C(=O)NCc1ccccc1)[N+](C)(C)C1CCCC1. The molecule has 1 aromatic rings. The lowest BCUT2D eigenvalue weighted by atomic mass is 10.1. The number of likely N-dealkylation sites (N-methyl/N-ethyl adjacent to an activating group) is 1. The Morgan fingerprint density at radius 2 is 1.85 bits per heavy atom. The lowest BCUT2D eigenvalue weighted by Crippen LogP contribution is -2.59.